The van der Waals surface area contributed by atoms with Gasteiger partial charge in [0.05, 0.1) is 17.2 Å². The fourth-order valence-corrected chi connectivity index (χ4v) is 2.70. The Morgan fingerprint density at radius 1 is 1.17 bits per heavy atom. The quantitative estimate of drug-likeness (QED) is 0.393. The third-order valence-corrected chi connectivity index (χ3v) is 4.47. The summed E-state index contributed by atoms with van der Waals surface area (Å²) in [6.07, 6.45) is 0. The summed E-state index contributed by atoms with van der Waals surface area (Å²) in [7, 11) is 0. The van der Waals surface area contributed by atoms with Crippen LogP contribution in [-0.4, -0.2) is 35.2 Å². The Morgan fingerprint density at radius 3 is 2.62 bits per heavy atom. The van der Waals surface area contributed by atoms with Crippen LogP contribution in [0.3, 0.4) is 0 Å². The minimum Gasteiger partial charge on any atom is -0.454 e. The number of non-ortho nitro benzene ring substituents is 1. The molecule has 0 spiro atoms. The molecular weight excluding hydrogens is 382 g/mol. The molecule has 2 aromatic rings. The van der Waals surface area contributed by atoms with Gasteiger partial charge in [0.25, 0.3) is 5.69 Å². The van der Waals surface area contributed by atoms with Gasteiger partial charge in [-0.2, -0.15) is 0 Å². The lowest BCUT2D eigenvalue weighted by molar-refractivity contribution is -0.384. The van der Waals surface area contributed by atoms with E-state index in [0.29, 0.717) is 22.6 Å². The summed E-state index contributed by atoms with van der Waals surface area (Å²) < 4.78 is 10.5. The second-order valence-electron chi connectivity index (χ2n) is 6.74. The van der Waals surface area contributed by atoms with E-state index in [0.717, 1.165) is 0 Å². The number of nitro benzene ring substituents is 1. The van der Waals surface area contributed by atoms with Crippen LogP contribution in [0, 0.1) is 17.0 Å². The first-order chi connectivity index (χ1) is 13.7. The molecule has 10 nitrogen and oxygen atoms in total. The number of benzene rings is 2. The average molecular weight is 401 g/mol. The number of aliphatic hydroxyl groups is 1. The van der Waals surface area contributed by atoms with E-state index in [-0.39, 0.29) is 24.7 Å². The Balaban J connectivity index is 1.63. The van der Waals surface area contributed by atoms with E-state index < -0.39 is 22.3 Å². The third-order valence-electron chi connectivity index (χ3n) is 4.47. The SMILES string of the molecule is Cc1ccc([N+](=O)[O-])cc1NC(=O)C(=O)NCC(C)(O)c1ccc2c(c1)OCO2. The maximum absolute atomic E-state index is 12.1. The number of nitrogens with one attached hydrogen (secondary N) is 2. The first-order valence-corrected chi connectivity index (χ1v) is 8.64. The van der Waals surface area contributed by atoms with Gasteiger partial charge in [-0.1, -0.05) is 12.1 Å². The van der Waals surface area contributed by atoms with Crippen LogP contribution in [0.5, 0.6) is 11.5 Å². The first-order valence-electron chi connectivity index (χ1n) is 8.64. The number of ether oxygens (including phenoxy) is 2. The van der Waals surface area contributed by atoms with Crippen molar-refractivity contribution < 1.29 is 29.1 Å². The van der Waals surface area contributed by atoms with Crippen LogP contribution in [0.1, 0.15) is 18.1 Å². The average Bonchev–Trinajstić information content (AvgIpc) is 3.15. The van der Waals surface area contributed by atoms with Crippen molar-refractivity contribution in [2.75, 3.05) is 18.7 Å². The van der Waals surface area contributed by atoms with Gasteiger partial charge < -0.3 is 25.2 Å². The van der Waals surface area contributed by atoms with Gasteiger partial charge in [-0.15, -0.1) is 0 Å². The molecule has 1 aliphatic rings. The molecule has 0 aromatic heterocycles. The maximum atomic E-state index is 12.1. The maximum Gasteiger partial charge on any atom is 0.313 e. The highest BCUT2D eigenvalue weighted by molar-refractivity contribution is 6.39. The lowest BCUT2D eigenvalue weighted by Gasteiger charge is -2.24. The van der Waals surface area contributed by atoms with Crippen molar-refractivity contribution in [1.82, 2.24) is 5.32 Å². The Bertz CT molecular complexity index is 988. The monoisotopic (exact) mass is 401 g/mol. The van der Waals surface area contributed by atoms with Crippen molar-refractivity contribution in [1.29, 1.82) is 0 Å². The van der Waals surface area contributed by atoms with Crippen LogP contribution < -0.4 is 20.1 Å². The van der Waals surface area contributed by atoms with Gasteiger partial charge >= 0.3 is 11.8 Å². The number of anilines is 1. The second kappa shape index (κ2) is 7.76. The Hall–Kier alpha value is -3.66. The van der Waals surface area contributed by atoms with Crippen LogP contribution in [0.25, 0.3) is 0 Å². The fourth-order valence-electron chi connectivity index (χ4n) is 2.70. The summed E-state index contributed by atoms with van der Waals surface area (Å²) in [5, 5.41) is 26.2. The molecule has 1 heterocycles. The molecule has 1 atom stereocenters. The van der Waals surface area contributed by atoms with E-state index in [1.54, 1.807) is 25.1 Å². The molecule has 3 rings (SSSR count). The summed E-state index contributed by atoms with van der Waals surface area (Å²) in [6, 6.07) is 8.81. The minimum atomic E-state index is -1.47. The second-order valence-corrected chi connectivity index (χ2v) is 6.74. The number of amides is 2. The van der Waals surface area contributed by atoms with E-state index in [1.807, 2.05) is 0 Å². The number of fused-ring (bicyclic) bond motifs is 1. The van der Waals surface area contributed by atoms with Crippen molar-refractivity contribution in [3.8, 4) is 11.5 Å². The predicted octanol–water partition coefficient (Wildman–Crippen LogP) is 1.59. The fraction of sp³-hybridized carbons (Fsp3) is 0.263. The molecule has 10 heteroatoms. The molecule has 0 radical (unpaired) electrons. The number of carbonyl (C=O) groups is 2. The van der Waals surface area contributed by atoms with E-state index in [2.05, 4.69) is 10.6 Å². The summed E-state index contributed by atoms with van der Waals surface area (Å²) >= 11 is 0. The van der Waals surface area contributed by atoms with E-state index in [1.165, 1.54) is 25.1 Å². The van der Waals surface area contributed by atoms with E-state index in [4.69, 9.17) is 9.47 Å². The smallest absolute Gasteiger partial charge is 0.313 e. The highest BCUT2D eigenvalue weighted by Crippen LogP contribution is 2.35. The normalized spacial score (nSPS) is 14.0. The number of nitrogens with zero attached hydrogens (tertiary/aromatic N) is 1. The summed E-state index contributed by atoms with van der Waals surface area (Å²) in [4.78, 5) is 34.5. The van der Waals surface area contributed by atoms with Crippen LogP contribution >= 0.6 is 0 Å². The van der Waals surface area contributed by atoms with Crippen molar-refractivity contribution in [2.24, 2.45) is 0 Å². The molecule has 0 bridgehead atoms. The summed E-state index contributed by atoms with van der Waals surface area (Å²) in [5.74, 6) is -0.958. The van der Waals surface area contributed by atoms with Crippen LogP contribution in [0.4, 0.5) is 11.4 Å². The number of hydrogen-bond donors (Lipinski definition) is 3. The minimum absolute atomic E-state index is 0.0922. The standard InChI is InChI=1S/C19H19N3O7/c1-11-3-5-13(22(26)27)8-14(11)21-18(24)17(23)20-9-19(2,25)12-4-6-15-16(7-12)29-10-28-15/h3-8,25H,9-10H2,1-2H3,(H,20,23)(H,21,24). The van der Waals surface area contributed by atoms with Crippen LogP contribution in [-0.2, 0) is 15.2 Å². The summed E-state index contributed by atoms with van der Waals surface area (Å²) in [5.41, 5.74) is -0.502. The van der Waals surface area contributed by atoms with Gasteiger partial charge in [0, 0.05) is 12.1 Å². The number of rotatable bonds is 5. The molecule has 2 amide bonds. The van der Waals surface area contributed by atoms with Crippen LogP contribution in [0.2, 0.25) is 0 Å². The first kappa shape index (κ1) is 20.1. The molecule has 0 fully saturated rings. The molecule has 0 saturated carbocycles. The van der Waals surface area contributed by atoms with Crippen LogP contribution in [0.15, 0.2) is 36.4 Å². The van der Waals surface area contributed by atoms with Crippen molar-refractivity contribution in [3.05, 3.63) is 57.6 Å². The zero-order chi connectivity index (χ0) is 21.2. The molecule has 1 unspecified atom stereocenters. The zero-order valence-corrected chi connectivity index (χ0v) is 15.7. The lowest BCUT2D eigenvalue weighted by atomic mass is 9.95. The van der Waals surface area contributed by atoms with Gasteiger partial charge in [0.15, 0.2) is 11.5 Å². The van der Waals surface area contributed by atoms with Crippen molar-refractivity contribution >= 4 is 23.2 Å². The Kier molecular flexibility index (Phi) is 5.37. The highest BCUT2D eigenvalue weighted by atomic mass is 16.7. The molecule has 0 aliphatic carbocycles. The van der Waals surface area contributed by atoms with Gasteiger partial charge in [-0.25, -0.2) is 0 Å². The molecule has 3 N–H and O–H groups in total. The van der Waals surface area contributed by atoms with E-state index in [9.17, 15) is 24.8 Å². The van der Waals surface area contributed by atoms with Crippen molar-refractivity contribution in [2.45, 2.75) is 19.4 Å². The Labute approximate surface area is 165 Å². The molecule has 0 saturated heterocycles. The van der Waals surface area contributed by atoms with Gasteiger partial charge in [-0.05, 0) is 37.1 Å². The van der Waals surface area contributed by atoms with Gasteiger partial charge in [0.2, 0.25) is 6.79 Å². The number of carbonyl (C=O) groups excluding carboxylic acids is 2. The predicted molar refractivity (Wildman–Crippen MR) is 102 cm³/mol. The number of hydrogen-bond acceptors (Lipinski definition) is 7. The molecular formula is C19H19N3O7. The molecule has 1 aliphatic heterocycles. The number of aryl methyl sites for hydroxylation is 1. The van der Waals surface area contributed by atoms with Gasteiger partial charge in [-0.3, -0.25) is 19.7 Å². The van der Waals surface area contributed by atoms with E-state index >= 15 is 0 Å². The Morgan fingerprint density at radius 2 is 1.90 bits per heavy atom. The molecule has 29 heavy (non-hydrogen) atoms. The number of nitro groups is 1. The largest absolute Gasteiger partial charge is 0.454 e. The van der Waals surface area contributed by atoms with Crippen molar-refractivity contribution in [3.63, 3.8) is 0 Å². The van der Waals surface area contributed by atoms with Gasteiger partial charge in [0.1, 0.15) is 5.60 Å². The zero-order valence-electron chi connectivity index (χ0n) is 15.7. The summed E-state index contributed by atoms with van der Waals surface area (Å²) in [6.45, 7) is 2.97. The molecule has 2 aromatic carbocycles. The molecule has 152 valence electrons. The highest BCUT2D eigenvalue weighted by Gasteiger charge is 2.28. The third kappa shape index (κ3) is 4.43. The topological polar surface area (TPSA) is 140 Å². The lowest BCUT2D eigenvalue weighted by Crippen LogP contribution is -2.43.